The van der Waals surface area contributed by atoms with Crippen molar-refractivity contribution in [2.24, 2.45) is 5.92 Å². The molecule has 1 atom stereocenters. The lowest BCUT2D eigenvalue weighted by Gasteiger charge is -2.21. The number of hydrogen-bond donors (Lipinski definition) is 0. The van der Waals surface area contributed by atoms with Gasteiger partial charge in [0.15, 0.2) is 0 Å². The second-order valence-corrected chi connectivity index (χ2v) is 7.87. The van der Waals surface area contributed by atoms with Gasteiger partial charge in [0.05, 0.1) is 5.75 Å². The first-order chi connectivity index (χ1) is 9.97. The third-order valence-corrected chi connectivity index (χ3v) is 5.61. The predicted molar refractivity (Wildman–Crippen MR) is 84.0 cm³/mol. The van der Waals surface area contributed by atoms with Gasteiger partial charge < -0.3 is 9.64 Å². The third kappa shape index (κ3) is 4.98. The van der Waals surface area contributed by atoms with E-state index in [4.69, 9.17) is 4.74 Å². The molecule has 1 fully saturated rings. The Morgan fingerprint density at radius 3 is 2.67 bits per heavy atom. The van der Waals surface area contributed by atoms with Gasteiger partial charge in [0.2, 0.25) is 10.0 Å². The first-order valence-electron chi connectivity index (χ1n) is 7.28. The summed E-state index contributed by atoms with van der Waals surface area (Å²) in [5, 5.41) is 0. The molecule has 0 bridgehead atoms. The molecule has 0 N–H and O–H groups in total. The van der Waals surface area contributed by atoms with Gasteiger partial charge in [-0.3, -0.25) is 0 Å². The minimum absolute atomic E-state index is 0.0148. The van der Waals surface area contributed by atoms with E-state index in [1.165, 1.54) is 4.31 Å². The van der Waals surface area contributed by atoms with Crippen LogP contribution >= 0.6 is 0 Å². The van der Waals surface area contributed by atoms with Gasteiger partial charge in [-0.25, -0.2) is 12.7 Å². The molecular formula is C15H24N2O3S. The number of ether oxygens (including phenoxy) is 1. The molecule has 21 heavy (non-hydrogen) atoms. The molecular weight excluding hydrogens is 288 g/mol. The van der Waals surface area contributed by atoms with Crippen LogP contribution in [0.1, 0.15) is 6.42 Å². The topological polar surface area (TPSA) is 49.9 Å². The van der Waals surface area contributed by atoms with Crippen molar-refractivity contribution in [2.75, 3.05) is 46.1 Å². The van der Waals surface area contributed by atoms with E-state index in [0.29, 0.717) is 18.2 Å². The molecule has 1 aromatic carbocycles. The zero-order valence-electron chi connectivity index (χ0n) is 12.7. The summed E-state index contributed by atoms with van der Waals surface area (Å²) in [4.78, 5) is 2.24. The van der Waals surface area contributed by atoms with Gasteiger partial charge in [-0.1, -0.05) is 18.2 Å². The first-order valence-corrected chi connectivity index (χ1v) is 8.89. The summed E-state index contributed by atoms with van der Waals surface area (Å²) in [6.45, 7) is 2.80. The van der Waals surface area contributed by atoms with E-state index in [9.17, 15) is 8.42 Å². The largest absolute Gasteiger partial charge is 0.492 e. The molecule has 1 aliphatic heterocycles. The van der Waals surface area contributed by atoms with Gasteiger partial charge in [-0.05, 0) is 38.1 Å². The summed E-state index contributed by atoms with van der Waals surface area (Å²) in [6.07, 6.45) is 1.07. The zero-order chi connectivity index (χ0) is 15.3. The SMILES string of the molecule is CN1CC[C@H](CN(C)S(=O)(=O)CCOc2ccccc2)C1. The first kappa shape index (κ1) is 16.3. The van der Waals surface area contributed by atoms with Crippen molar-refractivity contribution < 1.29 is 13.2 Å². The number of hydrogen-bond acceptors (Lipinski definition) is 4. The number of nitrogens with zero attached hydrogens (tertiary/aromatic N) is 2. The Kier molecular flexibility index (Phi) is 5.61. The number of sulfonamides is 1. The Bertz CT molecular complexity index is 533. The maximum atomic E-state index is 12.2. The van der Waals surface area contributed by atoms with Crippen molar-refractivity contribution in [1.29, 1.82) is 0 Å². The molecule has 118 valence electrons. The molecule has 0 amide bonds. The average Bonchev–Trinajstić information content (AvgIpc) is 2.85. The van der Waals surface area contributed by atoms with Crippen molar-refractivity contribution >= 4 is 10.0 Å². The summed E-state index contributed by atoms with van der Waals surface area (Å²) >= 11 is 0. The van der Waals surface area contributed by atoms with Gasteiger partial charge in [-0.2, -0.15) is 0 Å². The van der Waals surface area contributed by atoms with E-state index in [2.05, 4.69) is 11.9 Å². The van der Waals surface area contributed by atoms with Crippen LogP contribution in [-0.4, -0.2) is 63.7 Å². The lowest BCUT2D eigenvalue weighted by atomic mass is 10.1. The number of rotatable bonds is 7. The van der Waals surface area contributed by atoms with E-state index in [-0.39, 0.29) is 12.4 Å². The van der Waals surface area contributed by atoms with Crippen LogP contribution in [0, 0.1) is 5.92 Å². The molecule has 0 saturated carbocycles. The van der Waals surface area contributed by atoms with Gasteiger partial charge in [0, 0.05) is 20.1 Å². The Hall–Kier alpha value is -1.11. The number of likely N-dealkylation sites (tertiary alicyclic amines) is 1. The summed E-state index contributed by atoms with van der Waals surface area (Å²) < 4.78 is 31.4. The normalized spacial score (nSPS) is 20.0. The molecule has 1 aromatic rings. The second kappa shape index (κ2) is 7.24. The fourth-order valence-electron chi connectivity index (χ4n) is 2.59. The van der Waals surface area contributed by atoms with Gasteiger partial charge >= 0.3 is 0 Å². The smallest absolute Gasteiger partial charge is 0.217 e. The van der Waals surface area contributed by atoms with E-state index in [1.54, 1.807) is 7.05 Å². The van der Waals surface area contributed by atoms with Crippen LogP contribution in [0.3, 0.4) is 0 Å². The molecule has 0 aliphatic carbocycles. The van der Waals surface area contributed by atoms with Crippen LogP contribution in [0.2, 0.25) is 0 Å². The summed E-state index contributed by atoms with van der Waals surface area (Å²) in [7, 11) is 0.489. The lowest BCUT2D eigenvalue weighted by Crippen LogP contribution is -2.35. The van der Waals surface area contributed by atoms with Crippen molar-refractivity contribution in [3.63, 3.8) is 0 Å². The average molecular weight is 312 g/mol. The van der Waals surface area contributed by atoms with Crippen molar-refractivity contribution in [1.82, 2.24) is 9.21 Å². The third-order valence-electron chi connectivity index (χ3n) is 3.83. The van der Waals surface area contributed by atoms with E-state index >= 15 is 0 Å². The highest BCUT2D eigenvalue weighted by molar-refractivity contribution is 7.89. The maximum Gasteiger partial charge on any atom is 0.217 e. The van der Waals surface area contributed by atoms with Crippen LogP contribution < -0.4 is 4.74 Å². The molecule has 1 aliphatic rings. The van der Waals surface area contributed by atoms with Gasteiger partial charge in [0.1, 0.15) is 12.4 Å². The van der Waals surface area contributed by atoms with Crippen LogP contribution in [0.25, 0.3) is 0 Å². The Morgan fingerprint density at radius 1 is 1.33 bits per heavy atom. The second-order valence-electron chi connectivity index (χ2n) is 5.67. The molecule has 0 radical (unpaired) electrons. The monoisotopic (exact) mass is 312 g/mol. The highest BCUT2D eigenvalue weighted by atomic mass is 32.2. The van der Waals surface area contributed by atoms with E-state index in [0.717, 1.165) is 19.5 Å². The minimum atomic E-state index is -3.25. The predicted octanol–water partition coefficient (Wildman–Crippen LogP) is 1.28. The fraction of sp³-hybridized carbons (Fsp3) is 0.600. The van der Waals surface area contributed by atoms with E-state index < -0.39 is 10.0 Å². The standard InChI is InChI=1S/C15H24N2O3S/c1-16-9-8-14(12-16)13-17(2)21(18,19)11-10-20-15-6-4-3-5-7-15/h3-7,14H,8-13H2,1-2H3/t14-/m0/s1. The molecule has 0 aromatic heterocycles. The highest BCUT2D eigenvalue weighted by Gasteiger charge is 2.25. The Labute approximate surface area is 127 Å². The molecule has 2 rings (SSSR count). The minimum Gasteiger partial charge on any atom is -0.492 e. The molecule has 1 heterocycles. The fourth-order valence-corrected chi connectivity index (χ4v) is 3.63. The molecule has 0 unspecified atom stereocenters. The summed E-state index contributed by atoms with van der Waals surface area (Å²) in [5.74, 6) is 1.15. The maximum absolute atomic E-state index is 12.2. The van der Waals surface area contributed by atoms with Gasteiger partial charge in [-0.15, -0.1) is 0 Å². The zero-order valence-corrected chi connectivity index (χ0v) is 13.6. The Morgan fingerprint density at radius 2 is 2.05 bits per heavy atom. The van der Waals surface area contributed by atoms with E-state index in [1.807, 2.05) is 30.3 Å². The summed E-state index contributed by atoms with van der Waals surface area (Å²) in [6, 6.07) is 9.28. The molecule has 6 heteroatoms. The summed E-state index contributed by atoms with van der Waals surface area (Å²) in [5.41, 5.74) is 0. The van der Waals surface area contributed by atoms with Crippen LogP contribution in [-0.2, 0) is 10.0 Å². The van der Waals surface area contributed by atoms with Crippen molar-refractivity contribution in [3.8, 4) is 5.75 Å². The molecule has 1 saturated heterocycles. The van der Waals surface area contributed by atoms with Crippen LogP contribution in [0.15, 0.2) is 30.3 Å². The lowest BCUT2D eigenvalue weighted by molar-refractivity contribution is 0.330. The van der Waals surface area contributed by atoms with Crippen molar-refractivity contribution in [3.05, 3.63) is 30.3 Å². The number of benzene rings is 1. The van der Waals surface area contributed by atoms with Crippen LogP contribution in [0.4, 0.5) is 0 Å². The number of para-hydroxylation sites is 1. The van der Waals surface area contributed by atoms with Crippen molar-refractivity contribution in [2.45, 2.75) is 6.42 Å². The molecule has 0 spiro atoms. The highest BCUT2D eigenvalue weighted by Crippen LogP contribution is 2.16. The quantitative estimate of drug-likeness (QED) is 0.761. The molecule has 5 nitrogen and oxygen atoms in total. The Balaban J connectivity index is 1.78. The van der Waals surface area contributed by atoms with Crippen LogP contribution in [0.5, 0.6) is 5.75 Å². The van der Waals surface area contributed by atoms with Gasteiger partial charge in [0.25, 0.3) is 0 Å².